The molecule has 0 heterocycles. The van der Waals surface area contributed by atoms with E-state index in [-0.39, 0.29) is 31.1 Å². The zero-order valence-corrected chi connectivity index (χ0v) is 43.0. The van der Waals surface area contributed by atoms with Gasteiger partial charge in [0.1, 0.15) is 13.2 Å². The van der Waals surface area contributed by atoms with Crippen LogP contribution in [-0.4, -0.2) is 37.2 Å². The highest BCUT2D eigenvalue weighted by atomic mass is 16.6. The average Bonchev–Trinajstić information content (AvgIpc) is 3.27. The molecule has 0 amide bonds. The summed E-state index contributed by atoms with van der Waals surface area (Å²) in [5.74, 6) is 0.00475. The van der Waals surface area contributed by atoms with E-state index >= 15 is 0 Å². The first-order chi connectivity index (χ1) is 30.9. The Balaban J connectivity index is 4.04. The van der Waals surface area contributed by atoms with Crippen LogP contribution in [0, 0.1) is 5.92 Å². The predicted molar refractivity (Wildman–Crippen MR) is 270 cm³/mol. The Hall–Kier alpha value is -1.59. The molecule has 1 atom stereocenters. The smallest absolute Gasteiger partial charge is 0.306 e. The summed E-state index contributed by atoms with van der Waals surface area (Å²) in [6, 6.07) is 0. The Morgan fingerprint density at radius 3 is 0.778 bits per heavy atom. The van der Waals surface area contributed by atoms with Crippen molar-refractivity contribution >= 4 is 17.9 Å². The van der Waals surface area contributed by atoms with Gasteiger partial charge in [-0.15, -0.1) is 0 Å². The molecule has 0 bridgehead atoms. The molecule has 6 heteroatoms. The number of rotatable bonds is 52. The molecule has 0 aliphatic heterocycles. The second-order valence-electron chi connectivity index (χ2n) is 20.1. The topological polar surface area (TPSA) is 78.9 Å². The van der Waals surface area contributed by atoms with Crippen LogP contribution in [0.5, 0.6) is 0 Å². The van der Waals surface area contributed by atoms with Gasteiger partial charge < -0.3 is 14.2 Å². The van der Waals surface area contributed by atoms with Gasteiger partial charge in [-0.3, -0.25) is 14.4 Å². The second-order valence-corrected chi connectivity index (χ2v) is 20.1. The van der Waals surface area contributed by atoms with Crippen LogP contribution < -0.4 is 0 Å². The van der Waals surface area contributed by atoms with E-state index in [1.807, 2.05) is 0 Å². The van der Waals surface area contributed by atoms with E-state index in [1.165, 1.54) is 212 Å². The van der Waals surface area contributed by atoms with Crippen LogP contribution in [0.3, 0.4) is 0 Å². The maximum Gasteiger partial charge on any atom is 0.306 e. The minimum atomic E-state index is -0.759. The molecule has 0 saturated heterocycles. The highest BCUT2D eigenvalue weighted by Gasteiger charge is 2.19. The number of unbranched alkanes of at least 4 members (excludes halogenated alkanes) is 39. The quantitative estimate of drug-likeness (QED) is 0.0344. The van der Waals surface area contributed by atoms with Crippen LogP contribution in [0.4, 0.5) is 0 Å². The van der Waals surface area contributed by atoms with E-state index in [0.717, 1.165) is 70.1 Å². The third-order valence-corrected chi connectivity index (χ3v) is 13.0. The zero-order chi connectivity index (χ0) is 45.9. The van der Waals surface area contributed by atoms with Crippen LogP contribution in [-0.2, 0) is 28.6 Å². The molecule has 0 unspecified atom stereocenters. The van der Waals surface area contributed by atoms with Gasteiger partial charge in [0.05, 0.1) is 0 Å². The largest absolute Gasteiger partial charge is 0.462 e. The fourth-order valence-electron chi connectivity index (χ4n) is 8.75. The Labute approximate surface area is 393 Å². The number of ether oxygens (including phenoxy) is 3. The second kappa shape index (κ2) is 51.4. The summed E-state index contributed by atoms with van der Waals surface area (Å²) in [4.78, 5) is 37.8. The Bertz CT molecular complexity index is 949. The van der Waals surface area contributed by atoms with Crippen LogP contribution in [0.25, 0.3) is 0 Å². The Morgan fingerprint density at radius 1 is 0.302 bits per heavy atom. The van der Waals surface area contributed by atoms with E-state index in [9.17, 15) is 14.4 Å². The minimum Gasteiger partial charge on any atom is -0.462 e. The van der Waals surface area contributed by atoms with Gasteiger partial charge in [0, 0.05) is 19.3 Å². The summed E-state index contributed by atoms with van der Waals surface area (Å²) >= 11 is 0. The first kappa shape index (κ1) is 61.4. The molecule has 0 rings (SSSR count). The molecule has 0 aromatic rings. The Morgan fingerprint density at radius 2 is 0.524 bits per heavy atom. The fourth-order valence-corrected chi connectivity index (χ4v) is 8.75. The first-order valence-electron chi connectivity index (χ1n) is 28.4. The summed E-state index contributed by atoms with van der Waals surface area (Å²) in [6.45, 7) is 8.99. The number of carbonyl (C=O) groups is 3. The van der Waals surface area contributed by atoms with E-state index in [4.69, 9.17) is 14.2 Å². The zero-order valence-electron chi connectivity index (χ0n) is 43.0. The molecule has 0 spiro atoms. The van der Waals surface area contributed by atoms with Gasteiger partial charge in [-0.05, 0) is 25.2 Å². The molecular formula is C57H110O6. The van der Waals surface area contributed by atoms with E-state index < -0.39 is 6.10 Å². The van der Waals surface area contributed by atoms with Gasteiger partial charge in [0.15, 0.2) is 6.10 Å². The van der Waals surface area contributed by atoms with Crippen molar-refractivity contribution in [1.82, 2.24) is 0 Å². The van der Waals surface area contributed by atoms with Crippen molar-refractivity contribution in [2.75, 3.05) is 13.2 Å². The molecular weight excluding hydrogens is 781 g/mol. The summed E-state index contributed by atoms with van der Waals surface area (Å²) < 4.78 is 16.7. The highest BCUT2D eigenvalue weighted by Crippen LogP contribution is 2.18. The van der Waals surface area contributed by atoms with Crippen molar-refractivity contribution in [3.8, 4) is 0 Å². The molecule has 0 aromatic carbocycles. The molecule has 374 valence electrons. The SMILES string of the molecule is CCCCCCCCCCCCCCCCCCCCCC(=O)OC[C@@H](COC(=O)CCCCCCC)OC(=O)CCCCCCCCCCCCCCCCCCCCC(C)C. The number of carbonyl (C=O) groups excluding carboxylic acids is 3. The lowest BCUT2D eigenvalue weighted by molar-refractivity contribution is -0.167. The van der Waals surface area contributed by atoms with Gasteiger partial charge in [0.25, 0.3) is 0 Å². The summed E-state index contributed by atoms with van der Waals surface area (Å²) in [5.41, 5.74) is 0. The highest BCUT2D eigenvalue weighted by molar-refractivity contribution is 5.71. The molecule has 0 aliphatic carbocycles. The predicted octanol–water partition coefficient (Wildman–Crippen LogP) is 18.6. The first-order valence-corrected chi connectivity index (χ1v) is 28.4. The maximum atomic E-state index is 12.8. The molecule has 0 saturated carbocycles. The molecule has 0 aromatic heterocycles. The van der Waals surface area contributed by atoms with Gasteiger partial charge in [-0.2, -0.15) is 0 Å². The van der Waals surface area contributed by atoms with Crippen LogP contribution in [0.2, 0.25) is 0 Å². The van der Waals surface area contributed by atoms with Crippen molar-refractivity contribution in [3.63, 3.8) is 0 Å². The minimum absolute atomic E-state index is 0.0632. The van der Waals surface area contributed by atoms with Gasteiger partial charge >= 0.3 is 17.9 Å². The van der Waals surface area contributed by atoms with Crippen LogP contribution in [0.1, 0.15) is 323 Å². The number of esters is 3. The van der Waals surface area contributed by atoms with E-state index in [0.29, 0.717) is 19.3 Å². The van der Waals surface area contributed by atoms with Gasteiger partial charge in [0.2, 0.25) is 0 Å². The van der Waals surface area contributed by atoms with Crippen molar-refractivity contribution in [1.29, 1.82) is 0 Å². The molecule has 63 heavy (non-hydrogen) atoms. The normalized spacial score (nSPS) is 12.0. The third-order valence-electron chi connectivity index (χ3n) is 13.0. The summed E-state index contributed by atoms with van der Waals surface area (Å²) in [6.07, 6.45) is 55.7. The average molecular weight is 892 g/mol. The van der Waals surface area contributed by atoms with Crippen molar-refractivity contribution in [2.24, 2.45) is 5.92 Å². The molecule has 0 fully saturated rings. The molecule has 6 nitrogen and oxygen atoms in total. The van der Waals surface area contributed by atoms with Crippen LogP contribution in [0.15, 0.2) is 0 Å². The van der Waals surface area contributed by atoms with Crippen molar-refractivity contribution in [2.45, 2.75) is 329 Å². The van der Waals surface area contributed by atoms with E-state index in [2.05, 4.69) is 27.7 Å². The van der Waals surface area contributed by atoms with E-state index in [1.54, 1.807) is 0 Å². The lowest BCUT2D eigenvalue weighted by atomic mass is 10.0. The van der Waals surface area contributed by atoms with Crippen molar-refractivity contribution < 1.29 is 28.6 Å². The van der Waals surface area contributed by atoms with Crippen molar-refractivity contribution in [3.05, 3.63) is 0 Å². The maximum absolute atomic E-state index is 12.8. The molecule has 0 radical (unpaired) electrons. The third kappa shape index (κ3) is 51.3. The van der Waals surface area contributed by atoms with Gasteiger partial charge in [-0.25, -0.2) is 0 Å². The fraction of sp³-hybridized carbons (Fsp3) is 0.947. The standard InChI is InChI=1S/C57H110O6/c1-5-7-9-11-12-13-14-15-16-17-18-22-25-28-31-34-37-41-45-49-56(59)62-52-54(51-61-55(58)48-44-39-10-8-6-2)63-57(60)50-46-42-38-35-32-29-26-23-20-19-21-24-27-30-33-36-40-43-47-53(3)4/h53-54H,5-52H2,1-4H3/t54-/m1/s1. The monoisotopic (exact) mass is 891 g/mol. The summed E-state index contributed by atoms with van der Waals surface area (Å²) in [5, 5.41) is 0. The molecule has 0 aliphatic rings. The number of hydrogen-bond acceptors (Lipinski definition) is 6. The van der Waals surface area contributed by atoms with Gasteiger partial charge in [-0.1, -0.05) is 285 Å². The lowest BCUT2D eigenvalue weighted by Gasteiger charge is -2.18. The molecule has 0 N–H and O–H groups in total. The Kier molecular flexibility index (Phi) is 50.1. The lowest BCUT2D eigenvalue weighted by Crippen LogP contribution is -2.30. The van der Waals surface area contributed by atoms with Crippen LogP contribution >= 0.6 is 0 Å². The summed E-state index contributed by atoms with van der Waals surface area (Å²) in [7, 11) is 0. The number of hydrogen-bond donors (Lipinski definition) is 0.